The summed E-state index contributed by atoms with van der Waals surface area (Å²) in [6.45, 7) is 1.87. The molecule has 1 aromatic carbocycles. The lowest BCUT2D eigenvalue weighted by molar-refractivity contribution is 0.0779. The second-order valence-electron chi connectivity index (χ2n) is 3.97. The third-order valence-electron chi connectivity index (χ3n) is 2.63. The molecule has 1 aromatic rings. The average Bonchev–Trinajstić information content (AvgIpc) is 2.38. The molecule has 0 spiro atoms. The molecule has 0 atom stereocenters. The molecule has 0 aliphatic carbocycles. The van der Waals surface area contributed by atoms with Crippen molar-refractivity contribution in [3.8, 4) is 0 Å². The van der Waals surface area contributed by atoms with Crippen molar-refractivity contribution in [2.75, 3.05) is 27.3 Å². The van der Waals surface area contributed by atoms with Gasteiger partial charge in [0.1, 0.15) is 0 Å². The van der Waals surface area contributed by atoms with Crippen LogP contribution in [0.2, 0.25) is 0 Å². The van der Waals surface area contributed by atoms with Crippen LogP contribution < -0.4 is 5.73 Å². The van der Waals surface area contributed by atoms with Crippen molar-refractivity contribution < 1.29 is 9.53 Å². The van der Waals surface area contributed by atoms with E-state index in [1.165, 1.54) is 0 Å². The van der Waals surface area contributed by atoms with Crippen LogP contribution in [0.3, 0.4) is 0 Å². The molecule has 0 saturated heterocycles. The van der Waals surface area contributed by atoms with E-state index in [4.69, 9.17) is 10.5 Å². The van der Waals surface area contributed by atoms with Gasteiger partial charge in [-0.3, -0.25) is 4.79 Å². The van der Waals surface area contributed by atoms with Crippen LogP contribution in [0.4, 0.5) is 0 Å². The minimum absolute atomic E-state index is 0.0321. The van der Waals surface area contributed by atoms with Gasteiger partial charge >= 0.3 is 0 Å². The SMILES string of the molecule is COCCCN(C)C(=O)c1ccc(CN)cc1. The largest absolute Gasteiger partial charge is 0.385 e. The van der Waals surface area contributed by atoms with Gasteiger partial charge in [-0.1, -0.05) is 12.1 Å². The van der Waals surface area contributed by atoms with Crippen molar-refractivity contribution in [3.63, 3.8) is 0 Å². The summed E-state index contributed by atoms with van der Waals surface area (Å²) in [5.41, 5.74) is 7.24. The highest BCUT2D eigenvalue weighted by atomic mass is 16.5. The van der Waals surface area contributed by atoms with Crippen LogP contribution >= 0.6 is 0 Å². The summed E-state index contributed by atoms with van der Waals surface area (Å²) < 4.78 is 4.96. The normalized spacial score (nSPS) is 10.3. The van der Waals surface area contributed by atoms with E-state index in [1.54, 1.807) is 19.1 Å². The molecule has 94 valence electrons. The Morgan fingerprint density at radius 2 is 2.00 bits per heavy atom. The number of hydrogen-bond donors (Lipinski definition) is 1. The van der Waals surface area contributed by atoms with Gasteiger partial charge in [-0.25, -0.2) is 0 Å². The maximum atomic E-state index is 12.0. The Morgan fingerprint density at radius 3 is 2.53 bits per heavy atom. The number of methoxy groups -OCH3 is 1. The first-order valence-electron chi connectivity index (χ1n) is 5.72. The fourth-order valence-corrected chi connectivity index (χ4v) is 1.55. The minimum atomic E-state index is 0.0321. The molecule has 1 amide bonds. The van der Waals surface area contributed by atoms with E-state index >= 15 is 0 Å². The first kappa shape index (κ1) is 13.7. The zero-order valence-electron chi connectivity index (χ0n) is 10.5. The fraction of sp³-hybridized carbons (Fsp3) is 0.462. The number of carbonyl (C=O) groups is 1. The van der Waals surface area contributed by atoms with Gasteiger partial charge < -0.3 is 15.4 Å². The van der Waals surface area contributed by atoms with E-state index in [1.807, 2.05) is 24.3 Å². The van der Waals surface area contributed by atoms with Gasteiger partial charge in [0.05, 0.1) is 0 Å². The zero-order chi connectivity index (χ0) is 12.7. The van der Waals surface area contributed by atoms with E-state index < -0.39 is 0 Å². The minimum Gasteiger partial charge on any atom is -0.385 e. The van der Waals surface area contributed by atoms with Gasteiger partial charge in [0, 0.05) is 39.4 Å². The van der Waals surface area contributed by atoms with Crippen LogP contribution in [0.1, 0.15) is 22.3 Å². The topological polar surface area (TPSA) is 55.6 Å². The molecule has 0 radical (unpaired) electrons. The number of hydrogen-bond acceptors (Lipinski definition) is 3. The molecule has 17 heavy (non-hydrogen) atoms. The first-order chi connectivity index (χ1) is 8.19. The summed E-state index contributed by atoms with van der Waals surface area (Å²) in [6, 6.07) is 7.40. The molecular weight excluding hydrogens is 216 g/mol. The van der Waals surface area contributed by atoms with Crippen LogP contribution in [0.5, 0.6) is 0 Å². The summed E-state index contributed by atoms with van der Waals surface area (Å²) in [6.07, 6.45) is 0.847. The lowest BCUT2D eigenvalue weighted by Gasteiger charge is -2.17. The summed E-state index contributed by atoms with van der Waals surface area (Å²) in [5, 5.41) is 0. The standard InChI is InChI=1S/C13H20N2O2/c1-15(8-3-9-17-2)13(16)12-6-4-11(10-14)5-7-12/h4-7H,3,8-10,14H2,1-2H3. The van der Waals surface area contributed by atoms with E-state index in [0.29, 0.717) is 25.3 Å². The smallest absolute Gasteiger partial charge is 0.253 e. The summed E-state index contributed by atoms with van der Waals surface area (Å²) in [4.78, 5) is 13.7. The van der Waals surface area contributed by atoms with Gasteiger partial charge in [-0.15, -0.1) is 0 Å². The molecule has 0 unspecified atom stereocenters. The highest BCUT2D eigenvalue weighted by Crippen LogP contribution is 2.06. The van der Waals surface area contributed by atoms with E-state index in [2.05, 4.69) is 0 Å². The van der Waals surface area contributed by atoms with E-state index in [-0.39, 0.29) is 5.91 Å². The number of nitrogens with two attached hydrogens (primary N) is 1. The first-order valence-corrected chi connectivity index (χ1v) is 5.72. The zero-order valence-corrected chi connectivity index (χ0v) is 10.5. The Morgan fingerprint density at radius 1 is 1.35 bits per heavy atom. The summed E-state index contributed by atoms with van der Waals surface area (Å²) in [5.74, 6) is 0.0321. The predicted octanol–water partition coefficient (Wildman–Crippen LogP) is 1.25. The molecule has 4 heteroatoms. The Balaban J connectivity index is 2.55. The molecule has 0 aliphatic heterocycles. The number of nitrogens with zero attached hydrogens (tertiary/aromatic N) is 1. The average molecular weight is 236 g/mol. The maximum Gasteiger partial charge on any atom is 0.253 e. The van der Waals surface area contributed by atoms with Crippen LogP contribution in [-0.2, 0) is 11.3 Å². The van der Waals surface area contributed by atoms with Gasteiger partial charge in [-0.2, -0.15) is 0 Å². The van der Waals surface area contributed by atoms with Crippen LogP contribution in [0.15, 0.2) is 24.3 Å². The monoisotopic (exact) mass is 236 g/mol. The van der Waals surface area contributed by atoms with Gasteiger partial charge in [0.2, 0.25) is 0 Å². The molecule has 0 heterocycles. The summed E-state index contributed by atoms with van der Waals surface area (Å²) >= 11 is 0. The fourth-order valence-electron chi connectivity index (χ4n) is 1.55. The Labute approximate surface area is 102 Å². The number of rotatable bonds is 6. The predicted molar refractivity (Wildman–Crippen MR) is 67.8 cm³/mol. The second kappa shape index (κ2) is 7.04. The molecule has 2 N–H and O–H groups in total. The Kier molecular flexibility index (Phi) is 5.66. The molecule has 1 rings (SSSR count). The van der Waals surface area contributed by atoms with Crippen LogP contribution in [0.25, 0.3) is 0 Å². The second-order valence-corrected chi connectivity index (χ2v) is 3.97. The molecule has 0 bridgehead atoms. The molecule has 0 aromatic heterocycles. The Bertz CT molecular complexity index is 349. The summed E-state index contributed by atoms with van der Waals surface area (Å²) in [7, 11) is 3.46. The number of ether oxygens (including phenoxy) is 1. The van der Waals surface area contributed by atoms with E-state index in [0.717, 1.165) is 12.0 Å². The highest BCUT2D eigenvalue weighted by molar-refractivity contribution is 5.94. The quantitative estimate of drug-likeness (QED) is 0.756. The lowest BCUT2D eigenvalue weighted by Crippen LogP contribution is -2.28. The number of carbonyl (C=O) groups excluding carboxylic acids is 1. The van der Waals surface area contributed by atoms with Crippen molar-refractivity contribution in [1.29, 1.82) is 0 Å². The molecular formula is C13H20N2O2. The van der Waals surface area contributed by atoms with Crippen LogP contribution in [0, 0.1) is 0 Å². The molecule has 0 saturated carbocycles. The van der Waals surface area contributed by atoms with Crippen molar-refractivity contribution in [2.45, 2.75) is 13.0 Å². The van der Waals surface area contributed by atoms with Gasteiger partial charge in [0.25, 0.3) is 5.91 Å². The number of benzene rings is 1. The number of amides is 1. The highest BCUT2D eigenvalue weighted by Gasteiger charge is 2.10. The third kappa shape index (κ3) is 4.17. The van der Waals surface area contributed by atoms with Crippen molar-refractivity contribution in [2.24, 2.45) is 5.73 Å². The Hall–Kier alpha value is -1.39. The van der Waals surface area contributed by atoms with Gasteiger partial charge in [0.15, 0.2) is 0 Å². The van der Waals surface area contributed by atoms with Gasteiger partial charge in [-0.05, 0) is 24.1 Å². The van der Waals surface area contributed by atoms with Crippen molar-refractivity contribution >= 4 is 5.91 Å². The van der Waals surface area contributed by atoms with Crippen LogP contribution in [-0.4, -0.2) is 38.1 Å². The molecule has 4 nitrogen and oxygen atoms in total. The third-order valence-corrected chi connectivity index (χ3v) is 2.63. The van der Waals surface area contributed by atoms with Crippen molar-refractivity contribution in [3.05, 3.63) is 35.4 Å². The molecule has 0 aliphatic rings. The van der Waals surface area contributed by atoms with Crippen molar-refractivity contribution in [1.82, 2.24) is 4.90 Å². The lowest BCUT2D eigenvalue weighted by atomic mass is 10.1. The maximum absolute atomic E-state index is 12.0. The molecule has 0 fully saturated rings. The van der Waals surface area contributed by atoms with E-state index in [9.17, 15) is 4.79 Å².